The van der Waals surface area contributed by atoms with Crippen LogP contribution in [0.4, 0.5) is 8.78 Å². The molecular formula is C13H17F2N. The Kier molecular flexibility index (Phi) is 3.24. The van der Waals surface area contributed by atoms with E-state index in [1.165, 1.54) is 12.5 Å². The molecule has 1 aliphatic carbocycles. The summed E-state index contributed by atoms with van der Waals surface area (Å²) in [5.74, 6) is 0. The highest BCUT2D eigenvalue weighted by atomic mass is 19.3. The lowest BCUT2D eigenvalue weighted by Crippen LogP contribution is -2.39. The number of hydrogen-bond acceptors (Lipinski definition) is 1. The topological polar surface area (TPSA) is 26.0 Å². The van der Waals surface area contributed by atoms with Crippen LogP contribution in [0.1, 0.15) is 36.8 Å². The molecule has 0 heterocycles. The van der Waals surface area contributed by atoms with Gasteiger partial charge in [-0.2, -0.15) is 0 Å². The number of nitrogens with two attached hydrogens (primary N) is 1. The highest BCUT2D eigenvalue weighted by Gasteiger charge is 2.36. The Balaban J connectivity index is 2.20. The third-order valence-corrected chi connectivity index (χ3v) is 3.70. The molecule has 1 saturated carbocycles. The fourth-order valence-corrected chi connectivity index (χ4v) is 2.44. The lowest BCUT2D eigenvalue weighted by molar-refractivity contribution is 0.133. The lowest BCUT2D eigenvalue weighted by atomic mass is 9.65. The maximum Gasteiger partial charge on any atom is 0.264 e. The van der Waals surface area contributed by atoms with Gasteiger partial charge in [0.15, 0.2) is 0 Å². The van der Waals surface area contributed by atoms with Crippen molar-refractivity contribution in [2.24, 2.45) is 11.1 Å². The minimum absolute atomic E-state index is 0.0883. The van der Waals surface area contributed by atoms with E-state index >= 15 is 0 Å². The molecule has 0 atom stereocenters. The van der Waals surface area contributed by atoms with Crippen molar-refractivity contribution in [3.05, 3.63) is 35.4 Å². The molecule has 1 fully saturated rings. The summed E-state index contributed by atoms with van der Waals surface area (Å²) in [6, 6.07) is 6.81. The predicted octanol–water partition coefficient (Wildman–Crippen LogP) is 3.30. The first-order chi connectivity index (χ1) is 7.67. The summed E-state index contributed by atoms with van der Waals surface area (Å²) in [5, 5.41) is 0. The Hall–Kier alpha value is -0.960. The fourth-order valence-electron chi connectivity index (χ4n) is 2.44. The van der Waals surface area contributed by atoms with Crippen LogP contribution in [0.2, 0.25) is 0 Å². The van der Waals surface area contributed by atoms with E-state index in [0.29, 0.717) is 13.0 Å². The molecule has 1 nitrogen and oxygen atoms in total. The monoisotopic (exact) mass is 225 g/mol. The van der Waals surface area contributed by atoms with E-state index in [0.717, 1.165) is 18.4 Å². The zero-order valence-corrected chi connectivity index (χ0v) is 9.26. The quantitative estimate of drug-likeness (QED) is 0.836. The summed E-state index contributed by atoms with van der Waals surface area (Å²) in [6.45, 7) is 0.602. The average Bonchev–Trinajstić information content (AvgIpc) is 2.24. The van der Waals surface area contributed by atoms with E-state index < -0.39 is 6.43 Å². The molecule has 0 spiro atoms. The lowest BCUT2D eigenvalue weighted by Gasteiger charge is -2.41. The van der Waals surface area contributed by atoms with Gasteiger partial charge in [0.1, 0.15) is 0 Å². The van der Waals surface area contributed by atoms with E-state index in [9.17, 15) is 8.78 Å². The average molecular weight is 225 g/mol. The molecule has 16 heavy (non-hydrogen) atoms. The Morgan fingerprint density at radius 1 is 1.25 bits per heavy atom. The first-order valence-electron chi connectivity index (χ1n) is 5.73. The van der Waals surface area contributed by atoms with Crippen molar-refractivity contribution in [2.45, 2.75) is 32.1 Å². The van der Waals surface area contributed by atoms with Gasteiger partial charge in [-0.3, -0.25) is 0 Å². The molecule has 0 radical (unpaired) electrons. The third-order valence-electron chi connectivity index (χ3n) is 3.70. The van der Waals surface area contributed by atoms with Crippen molar-refractivity contribution in [2.75, 3.05) is 6.54 Å². The van der Waals surface area contributed by atoms with Crippen LogP contribution in [0.3, 0.4) is 0 Å². The van der Waals surface area contributed by atoms with Crippen molar-refractivity contribution in [1.82, 2.24) is 0 Å². The molecule has 0 saturated heterocycles. The van der Waals surface area contributed by atoms with Gasteiger partial charge in [0.2, 0.25) is 0 Å². The molecule has 1 aromatic carbocycles. The molecular weight excluding hydrogens is 208 g/mol. The Labute approximate surface area is 94.7 Å². The molecule has 1 aliphatic rings. The van der Waals surface area contributed by atoms with E-state index in [1.807, 2.05) is 6.07 Å². The second-order valence-corrected chi connectivity index (χ2v) is 4.73. The van der Waals surface area contributed by atoms with Gasteiger partial charge in [-0.1, -0.05) is 30.7 Å². The Morgan fingerprint density at radius 3 is 2.44 bits per heavy atom. The van der Waals surface area contributed by atoms with Crippen molar-refractivity contribution in [3.63, 3.8) is 0 Å². The maximum absolute atomic E-state index is 12.8. The normalized spacial score (nSPS) is 18.5. The van der Waals surface area contributed by atoms with Crippen LogP contribution >= 0.6 is 0 Å². The maximum atomic E-state index is 12.8. The van der Waals surface area contributed by atoms with Gasteiger partial charge >= 0.3 is 0 Å². The van der Waals surface area contributed by atoms with E-state index in [4.69, 9.17) is 5.73 Å². The van der Waals surface area contributed by atoms with Crippen LogP contribution in [0, 0.1) is 5.41 Å². The molecule has 2 rings (SSSR count). The second-order valence-electron chi connectivity index (χ2n) is 4.73. The van der Waals surface area contributed by atoms with Crippen molar-refractivity contribution < 1.29 is 8.78 Å². The highest BCUT2D eigenvalue weighted by Crippen LogP contribution is 2.43. The minimum atomic E-state index is -2.38. The number of benzene rings is 1. The first kappa shape index (κ1) is 11.5. The van der Waals surface area contributed by atoms with Crippen LogP contribution in [0.5, 0.6) is 0 Å². The minimum Gasteiger partial charge on any atom is -0.330 e. The summed E-state index contributed by atoms with van der Waals surface area (Å²) in [4.78, 5) is 0. The molecule has 0 unspecified atom stereocenters. The van der Waals surface area contributed by atoms with E-state index in [1.54, 1.807) is 12.1 Å². The van der Waals surface area contributed by atoms with Crippen LogP contribution in [0.25, 0.3) is 0 Å². The number of rotatable bonds is 4. The molecule has 0 bridgehead atoms. The molecule has 2 N–H and O–H groups in total. The summed E-state index contributed by atoms with van der Waals surface area (Å²) < 4.78 is 25.6. The molecule has 1 aromatic rings. The van der Waals surface area contributed by atoms with Gasteiger partial charge in [0, 0.05) is 5.56 Å². The Morgan fingerprint density at radius 2 is 1.94 bits per heavy atom. The summed E-state index contributed by atoms with van der Waals surface area (Å²) in [5.41, 5.74) is 6.78. The van der Waals surface area contributed by atoms with Gasteiger partial charge < -0.3 is 5.73 Å². The van der Waals surface area contributed by atoms with E-state index in [-0.39, 0.29) is 11.0 Å². The SMILES string of the molecule is NCC1(Cc2ccccc2C(F)F)CCC1. The van der Waals surface area contributed by atoms with E-state index in [2.05, 4.69) is 0 Å². The number of hydrogen-bond donors (Lipinski definition) is 1. The smallest absolute Gasteiger partial charge is 0.264 e. The van der Waals surface area contributed by atoms with Gasteiger partial charge in [-0.25, -0.2) is 8.78 Å². The summed E-state index contributed by atoms with van der Waals surface area (Å²) in [7, 11) is 0. The predicted molar refractivity (Wildman–Crippen MR) is 60.4 cm³/mol. The van der Waals surface area contributed by atoms with Gasteiger partial charge in [0.05, 0.1) is 0 Å². The van der Waals surface area contributed by atoms with Gasteiger partial charge in [-0.15, -0.1) is 0 Å². The zero-order valence-electron chi connectivity index (χ0n) is 9.26. The number of halogens is 2. The highest BCUT2D eigenvalue weighted by molar-refractivity contribution is 5.29. The van der Waals surface area contributed by atoms with Crippen molar-refractivity contribution in [1.29, 1.82) is 0 Å². The first-order valence-corrected chi connectivity index (χ1v) is 5.73. The summed E-state index contributed by atoms with van der Waals surface area (Å²) in [6.07, 6.45) is 1.63. The largest absolute Gasteiger partial charge is 0.330 e. The van der Waals surface area contributed by atoms with Crippen molar-refractivity contribution in [3.8, 4) is 0 Å². The summed E-state index contributed by atoms with van der Waals surface area (Å²) >= 11 is 0. The third kappa shape index (κ3) is 2.09. The van der Waals surface area contributed by atoms with Crippen LogP contribution in [-0.2, 0) is 6.42 Å². The second kappa shape index (κ2) is 4.50. The standard InChI is InChI=1S/C13H17F2N/c14-12(15)11-5-2-1-4-10(11)8-13(9-16)6-3-7-13/h1-2,4-5,12H,3,6-9,16H2. The molecule has 0 aliphatic heterocycles. The Bertz CT molecular complexity index is 353. The van der Waals surface area contributed by atoms with Crippen LogP contribution in [-0.4, -0.2) is 6.54 Å². The molecule has 0 aromatic heterocycles. The fraction of sp³-hybridized carbons (Fsp3) is 0.538. The van der Waals surface area contributed by atoms with Gasteiger partial charge in [0.25, 0.3) is 6.43 Å². The molecule has 88 valence electrons. The molecule has 0 amide bonds. The van der Waals surface area contributed by atoms with Gasteiger partial charge in [-0.05, 0) is 36.8 Å². The van der Waals surface area contributed by atoms with Crippen LogP contribution in [0.15, 0.2) is 24.3 Å². The van der Waals surface area contributed by atoms with Crippen LogP contribution < -0.4 is 5.73 Å². The van der Waals surface area contributed by atoms with Crippen molar-refractivity contribution >= 4 is 0 Å². The molecule has 3 heteroatoms. The zero-order chi connectivity index (χ0) is 11.6. The number of alkyl halides is 2.